The molecule has 3 heterocycles. The molecule has 0 saturated heterocycles. The molecule has 0 aliphatic heterocycles. The van der Waals surface area contributed by atoms with E-state index in [4.69, 9.17) is 4.74 Å². The van der Waals surface area contributed by atoms with Crippen molar-refractivity contribution in [1.29, 1.82) is 0 Å². The molecule has 124 valence electrons. The van der Waals surface area contributed by atoms with Crippen LogP contribution in [0.3, 0.4) is 0 Å². The Morgan fingerprint density at radius 1 is 1.33 bits per heavy atom. The summed E-state index contributed by atoms with van der Waals surface area (Å²) in [4.78, 5) is 21.0. The average molecular weight is 342 g/mol. The maximum atomic E-state index is 12.5. The van der Waals surface area contributed by atoms with Gasteiger partial charge in [-0.1, -0.05) is 6.07 Å². The molecule has 0 spiro atoms. The number of aromatic nitrogens is 3. The number of ether oxygens (including phenoxy) is 1. The molecule has 0 atom stereocenters. The summed E-state index contributed by atoms with van der Waals surface area (Å²) >= 11 is 1.54. The summed E-state index contributed by atoms with van der Waals surface area (Å²) in [7, 11) is 1.57. The largest absolute Gasteiger partial charge is 0.481 e. The predicted molar refractivity (Wildman–Crippen MR) is 92.9 cm³/mol. The molecule has 3 rings (SSSR count). The van der Waals surface area contributed by atoms with E-state index >= 15 is 0 Å². The van der Waals surface area contributed by atoms with Crippen LogP contribution in [0.4, 0.5) is 0 Å². The maximum Gasteiger partial charge on any atom is 0.253 e. The molecule has 1 amide bonds. The van der Waals surface area contributed by atoms with Gasteiger partial charge in [-0.3, -0.25) is 9.36 Å². The van der Waals surface area contributed by atoms with Crippen molar-refractivity contribution in [3.05, 3.63) is 58.5 Å². The third-order valence-electron chi connectivity index (χ3n) is 3.75. The Labute approximate surface area is 144 Å². The predicted octanol–water partition coefficient (Wildman–Crippen LogP) is 2.88. The number of rotatable bonds is 5. The summed E-state index contributed by atoms with van der Waals surface area (Å²) < 4.78 is 7.02. The van der Waals surface area contributed by atoms with E-state index in [-0.39, 0.29) is 5.91 Å². The number of aryl methyl sites for hydroxylation is 1. The first-order chi connectivity index (χ1) is 11.6. The summed E-state index contributed by atoms with van der Waals surface area (Å²) in [5.74, 6) is 0.443. The van der Waals surface area contributed by atoms with Crippen LogP contribution in [0.15, 0.2) is 36.0 Å². The van der Waals surface area contributed by atoms with Crippen LogP contribution in [0.1, 0.15) is 27.3 Å². The Morgan fingerprint density at radius 3 is 2.79 bits per heavy atom. The van der Waals surface area contributed by atoms with E-state index < -0.39 is 0 Å². The van der Waals surface area contributed by atoms with Crippen molar-refractivity contribution in [2.45, 2.75) is 20.4 Å². The molecule has 24 heavy (non-hydrogen) atoms. The smallest absolute Gasteiger partial charge is 0.253 e. The number of nitrogens with zero attached hydrogens (tertiary/aromatic N) is 3. The second-order valence-corrected chi connectivity index (χ2v) is 6.20. The Bertz CT molecular complexity index is 838. The molecule has 3 aromatic heterocycles. The number of nitrogens with one attached hydrogen (secondary N) is 1. The maximum absolute atomic E-state index is 12.5. The number of methoxy groups -OCH3 is 1. The van der Waals surface area contributed by atoms with Gasteiger partial charge in [-0.05, 0) is 25.5 Å². The minimum absolute atomic E-state index is 0.110. The molecular weight excluding hydrogens is 324 g/mol. The fourth-order valence-electron chi connectivity index (χ4n) is 2.53. The van der Waals surface area contributed by atoms with Gasteiger partial charge in [0.05, 0.1) is 12.7 Å². The van der Waals surface area contributed by atoms with Crippen molar-refractivity contribution in [2.24, 2.45) is 0 Å². The fraction of sp³-hybridized carbons (Fsp3) is 0.235. The van der Waals surface area contributed by atoms with Crippen LogP contribution in [-0.4, -0.2) is 27.6 Å². The standard InChI is InChI=1S/C17H18N4O2S/c1-11-8-14(12(2)21(11)17-18-6-7-24-17)16(22)20-10-13-4-5-15(23-3)19-9-13/h4-9H,10H2,1-3H3,(H,20,22). The normalized spacial score (nSPS) is 10.6. The Hall–Kier alpha value is -2.67. The molecule has 0 aliphatic rings. The van der Waals surface area contributed by atoms with E-state index in [1.54, 1.807) is 36.9 Å². The summed E-state index contributed by atoms with van der Waals surface area (Å²) in [6.07, 6.45) is 3.45. The highest BCUT2D eigenvalue weighted by Crippen LogP contribution is 2.22. The Morgan fingerprint density at radius 2 is 2.17 bits per heavy atom. The zero-order chi connectivity index (χ0) is 17.1. The first-order valence-corrected chi connectivity index (χ1v) is 8.34. The van der Waals surface area contributed by atoms with Gasteiger partial charge in [-0.15, -0.1) is 11.3 Å². The molecule has 0 aliphatic carbocycles. The second kappa shape index (κ2) is 6.84. The molecule has 7 heteroatoms. The van der Waals surface area contributed by atoms with Crippen LogP contribution < -0.4 is 10.1 Å². The topological polar surface area (TPSA) is 69.0 Å². The molecule has 1 N–H and O–H groups in total. The summed E-state index contributed by atoms with van der Waals surface area (Å²) in [6.45, 7) is 4.31. The molecule has 0 bridgehead atoms. The van der Waals surface area contributed by atoms with Gasteiger partial charge < -0.3 is 10.1 Å². The molecule has 0 fully saturated rings. The number of pyridine rings is 1. The van der Waals surface area contributed by atoms with Gasteiger partial charge in [0, 0.05) is 41.8 Å². The molecule has 0 saturated carbocycles. The highest BCUT2D eigenvalue weighted by molar-refractivity contribution is 7.12. The lowest BCUT2D eigenvalue weighted by Crippen LogP contribution is -2.23. The van der Waals surface area contributed by atoms with Crippen molar-refractivity contribution >= 4 is 17.2 Å². The van der Waals surface area contributed by atoms with Gasteiger partial charge in [-0.25, -0.2) is 9.97 Å². The number of carbonyl (C=O) groups is 1. The molecule has 0 radical (unpaired) electrons. The van der Waals surface area contributed by atoms with Crippen LogP contribution in [-0.2, 0) is 6.54 Å². The Balaban J connectivity index is 1.74. The van der Waals surface area contributed by atoms with E-state index in [1.165, 1.54) is 0 Å². The van der Waals surface area contributed by atoms with Crippen LogP contribution in [0.5, 0.6) is 5.88 Å². The monoisotopic (exact) mass is 342 g/mol. The van der Waals surface area contributed by atoms with E-state index in [0.29, 0.717) is 18.0 Å². The van der Waals surface area contributed by atoms with E-state index in [0.717, 1.165) is 22.1 Å². The van der Waals surface area contributed by atoms with Crippen LogP contribution >= 0.6 is 11.3 Å². The number of amides is 1. The summed E-state index contributed by atoms with van der Waals surface area (Å²) in [5, 5.41) is 5.71. The van der Waals surface area contributed by atoms with Gasteiger partial charge in [0.2, 0.25) is 5.88 Å². The fourth-order valence-corrected chi connectivity index (χ4v) is 3.28. The van der Waals surface area contributed by atoms with Gasteiger partial charge in [0.25, 0.3) is 5.91 Å². The van der Waals surface area contributed by atoms with Gasteiger partial charge in [0.1, 0.15) is 0 Å². The first-order valence-electron chi connectivity index (χ1n) is 7.46. The number of thiazole rings is 1. The third-order valence-corrected chi connectivity index (χ3v) is 4.50. The Kier molecular flexibility index (Phi) is 4.61. The molecular formula is C17H18N4O2S. The van der Waals surface area contributed by atoms with Crippen molar-refractivity contribution in [1.82, 2.24) is 19.9 Å². The number of hydrogen-bond donors (Lipinski definition) is 1. The highest BCUT2D eigenvalue weighted by Gasteiger charge is 2.17. The zero-order valence-corrected chi connectivity index (χ0v) is 14.6. The molecule has 6 nitrogen and oxygen atoms in total. The van der Waals surface area contributed by atoms with Crippen molar-refractivity contribution in [3.63, 3.8) is 0 Å². The minimum Gasteiger partial charge on any atom is -0.481 e. The second-order valence-electron chi connectivity index (χ2n) is 5.33. The lowest BCUT2D eigenvalue weighted by Gasteiger charge is -2.07. The summed E-state index contributed by atoms with van der Waals surface area (Å²) in [6, 6.07) is 5.54. The first kappa shape index (κ1) is 16.2. The van der Waals surface area contributed by atoms with Crippen molar-refractivity contribution in [3.8, 4) is 11.0 Å². The lowest BCUT2D eigenvalue weighted by atomic mass is 10.2. The van der Waals surface area contributed by atoms with Gasteiger partial charge in [0.15, 0.2) is 5.13 Å². The van der Waals surface area contributed by atoms with E-state index in [1.807, 2.05) is 35.9 Å². The summed E-state index contributed by atoms with van der Waals surface area (Å²) in [5.41, 5.74) is 3.44. The van der Waals surface area contributed by atoms with Crippen LogP contribution in [0.2, 0.25) is 0 Å². The average Bonchev–Trinajstić information content (AvgIpc) is 3.21. The zero-order valence-electron chi connectivity index (χ0n) is 13.7. The number of carbonyl (C=O) groups excluding carboxylic acids is 1. The number of hydrogen-bond acceptors (Lipinski definition) is 5. The van der Waals surface area contributed by atoms with E-state index in [9.17, 15) is 4.79 Å². The molecule has 0 unspecified atom stereocenters. The van der Waals surface area contributed by atoms with Gasteiger partial charge >= 0.3 is 0 Å². The third kappa shape index (κ3) is 3.16. The van der Waals surface area contributed by atoms with Crippen molar-refractivity contribution < 1.29 is 9.53 Å². The minimum atomic E-state index is -0.110. The SMILES string of the molecule is COc1ccc(CNC(=O)c2cc(C)n(-c3nccs3)c2C)cn1. The van der Waals surface area contributed by atoms with Crippen molar-refractivity contribution in [2.75, 3.05) is 7.11 Å². The quantitative estimate of drug-likeness (QED) is 0.774. The van der Waals surface area contributed by atoms with E-state index in [2.05, 4.69) is 15.3 Å². The van der Waals surface area contributed by atoms with Gasteiger partial charge in [-0.2, -0.15) is 0 Å². The van der Waals surface area contributed by atoms with Crippen LogP contribution in [0, 0.1) is 13.8 Å². The molecule has 0 aromatic carbocycles. The van der Waals surface area contributed by atoms with Crippen LogP contribution in [0.25, 0.3) is 5.13 Å². The lowest BCUT2D eigenvalue weighted by molar-refractivity contribution is 0.0950. The molecule has 3 aromatic rings. The highest BCUT2D eigenvalue weighted by atomic mass is 32.1.